The Morgan fingerprint density at radius 2 is 1.79 bits per heavy atom. The van der Waals surface area contributed by atoms with Crippen LogP contribution >= 0.6 is 0 Å². The van der Waals surface area contributed by atoms with Crippen LogP contribution in [-0.4, -0.2) is 29.8 Å². The van der Waals surface area contributed by atoms with E-state index in [0.29, 0.717) is 17.9 Å². The number of hydrogen-bond donors (Lipinski definition) is 0. The van der Waals surface area contributed by atoms with Crippen LogP contribution in [0.25, 0.3) is 6.08 Å². The second kappa shape index (κ2) is 4.93. The van der Waals surface area contributed by atoms with E-state index in [1.165, 1.54) is 12.8 Å². The molecule has 2 unspecified atom stereocenters. The lowest BCUT2D eigenvalue weighted by Gasteiger charge is -2.35. The van der Waals surface area contributed by atoms with Crippen molar-refractivity contribution in [3.05, 3.63) is 42.0 Å². The number of nitrogens with zero attached hydrogens (tertiary/aromatic N) is 1. The van der Waals surface area contributed by atoms with Crippen molar-refractivity contribution in [1.29, 1.82) is 0 Å². The first-order valence-corrected chi connectivity index (χ1v) is 7.17. The summed E-state index contributed by atoms with van der Waals surface area (Å²) in [5.74, 6) is 0.559. The zero-order valence-corrected chi connectivity index (χ0v) is 11.5. The van der Waals surface area contributed by atoms with Crippen molar-refractivity contribution in [2.75, 3.05) is 7.05 Å². The Morgan fingerprint density at radius 1 is 1.21 bits per heavy atom. The molecule has 2 heterocycles. The van der Waals surface area contributed by atoms with Gasteiger partial charge >= 0.3 is 0 Å². The van der Waals surface area contributed by atoms with Gasteiger partial charge in [0.2, 0.25) is 0 Å². The Bertz CT molecular complexity index is 476. The molecule has 100 valence electrons. The minimum Gasteiger partial charge on any atom is -0.300 e. The van der Waals surface area contributed by atoms with Crippen molar-refractivity contribution in [2.45, 2.75) is 37.8 Å². The molecule has 19 heavy (non-hydrogen) atoms. The Hall–Kier alpha value is -1.41. The Kier molecular flexibility index (Phi) is 3.28. The molecule has 0 spiro atoms. The first-order valence-electron chi connectivity index (χ1n) is 7.17. The van der Waals surface area contributed by atoms with Gasteiger partial charge in [0.05, 0.1) is 0 Å². The fourth-order valence-corrected chi connectivity index (χ4v) is 3.64. The normalized spacial score (nSPS) is 30.3. The smallest absolute Gasteiger partial charge is 0.166 e. The summed E-state index contributed by atoms with van der Waals surface area (Å²) in [4.78, 5) is 15.1. The lowest BCUT2D eigenvalue weighted by molar-refractivity contribution is 0.0767. The van der Waals surface area contributed by atoms with Crippen LogP contribution in [0.15, 0.2) is 30.8 Å². The highest BCUT2D eigenvalue weighted by molar-refractivity contribution is 5.98. The van der Waals surface area contributed by atoms with Gasteiger partial charge in [-0.05, 0) is 38.3 Å². The maximum Gasteiger partial charge on any atom is 0.166 e. The van der Waals surface area contributed by atoms with Crippen LogP contribution in [0.5, 0.6) is 0 Å². The molecular formula is C17H21NO. The van der Waals surface area contributed by atoms with Crippen molar-refractivity contribution < 1.29 is 4.79 Å². The summed E-state index contributed by atoms with van der Waals surface area (Å²) in [6.07, 6.45) is 6.41. The standard InChI is InChI=1S/C17H21NO/c1-3-12-4-6-13(7-5-12)17(19)14-10-15-8-9-16(11-14)18(15)2/h3-7,14-16H,1,8-11H2,2H3. The van der Waals surface area contributed by atoms with Crippen LogP contribution in [0.2, 0.25) is 0 Å². The second-order valence-electron chi connectivity index (χ2n) is 5.91. The fraction of sp³-hybridized carbons (Fsp3) is 0.471. The van der Waals surface area contributed by atoms with Crippen molar-refractivity contribution in [1.82, 2.24) is 4.90 Å². The molecule has 0 N–H and O–H groups in total. The summed E-state index contributed by atoms with van der Waals surface area (Å²) in [5.41, 5.74) is 1.93. The maximum absolute atomic E-state index is 12.6. The van der Waals surface area contributed by atoms with E-state index >= 15 is 0 Å². The predicted molar refractivity (Wildman–Crippen MR) is 78.2 cm³/mol. The lowest BCUT2D eigenvalue weighted by atomic mass is 9.85. The highest BCUT2D eigenvalue weighted by Crippen LogP contribution is 2.38. The average Bonchev–Trinajstić information content (AvgIpc) is 2.68. The molecule has 2 saturated heterocycles. The molecule has 2 nitrogen and oxygen atoms in total. The molecular weight excluding hydrogens is 234 g/mol. The van der Waals surface area contributed by atoms with Crippen molar-refractivity contribution in [3.8, 4) is 0 Å². The summed E-state index contributed by atoms with van der Waals surface area (Å²) in [6.45, 7) is 3.74. The minimum atomic E-state index is 0.225. The van der Waals surface area contributed by atoms with E-state index in [4.69, 9.17) is 0 Å². The molecule has 0 aliphatic carbocycles. The summed E-state index contributed by atoms with van der Waals surface area (Å²) < 4.78 is 0. The molecule has 3 rings (SSSR count). The first kappa shape index (κ1) is 12.6. The first-order chi connectivity index (χ1) is 9.19. The lowest BCUT2D eigenvalue weighted by Crippen LogP contribution is -2.42. The molecule has 0 aromatic heterocycles. The topological polar surface area (TPSA) is 20.3 Å². The van der Waals surface area contributed by atoms with Gasteiger partial charge in [0.15, 0.2) is 5.78 Å². The number of rotatable bonds is 3. The van der Waals surface area contributed by atoms with Gasteiger partial charge in [0, 0.05) is 23.6 Å². The minimum absolute atomic E-state index is 0.225. The van der Waals surface area contributed by atoms with E-state index in [9.17, 15) is 4.79 Å². The molecule has 0 saturated carbocycles. The number of piperidine rings is 1. The van der Waals surface area contributed by atoms with Crippen LogP contribution in [0.3, 0.4) is 0 Å². The highest BCUT2D eigenvalue weighted by Gasteiger charge is 2.40. The molecule has 2 aliphatic rings. The molecule has 2 heteroatoms. The SMILES string of the molecule is C=Cc1ccc(C(=O)C2CC3CCC(C2)N3C)cc1. The van der Waals surface area contributed by atoms with Crippen LogP contribution in [0.4, 0.5) is 0 Å². The van der Waals surface area contributed by atoms with E-state index in [0.717, 1.165) is 24.0 Å². The number of benzene rings is 1. The van der Waals surface area contributed by atoms with E-state index < -0.39 is 0 Å². The third kappa shape index (κ3) is 2.25. The van der Waals surface area contributed by atoms with Gasteiger partial charge in [0.25, 0.3) is 0 Å². The molecule has 2 bridgehead atoms. The fourth-order valence-electron chi connectivity index (χ4n) is 3.64. The quantitative estimate of drug-likeness (QED) is 0.772. The second-order valence-corrected chi connectivity index (χ2v) is 5.91. The molecule has 0 radical (unpaired) electrons. The molecule has 0 amide bonds. The van der Waals surface area contributed by atoms with Crippen LogP contribution in [0.1, 0.15) is 41.6 Å². The molecule has 2 aliphatic heterocycles. The van der Waals surface area contributed by atoms with E-state index in [2.05, 4.69) is 18.5 Å². The zero-order chi connectivity index (χ0) is 13.4. The van der Waals surface area contributed by atoms with Crippen LogP contribution < -0.4 is 0 Å². The van der Waals surface area contributed by atoms with Gasteiger partial charge in [-0.2, -0.15) is 0 Å². The van der Waals surface area contributed by atoms with Gasteiger partial charge in [-0.3, -0.25) is 4.79 Å². The highest BCUT2D eigenvalue weighted by atomic mass is 16.1. The Morgan fingerprint density at radius 3 is 2.32 bits per heavy atom. The zero-order valence-electron chi connectivity index (χ0n) is 11.5. The van der Waals surface area contributed by atoms with Gasteiger partial charge in [-0.25, -0.2) is 0 Å². The third-order valence-electron chi connectivity index (χ3n) is 4.90. The summed E-state index contributed by atoms with van der Waals surface area (Å²) >= 11 is 0. The van der Waals surface area contributed by atoms with Crippen molar-refractivity contribution >= 4 is 11.9 Å². The molecule has 1 aromatic rings. The molecule has 1 aromatic carbocycles. The average molecular weight is 255 g/mol. The predicted octanol–water partition coefficient (Wildman–Crippen LogP) is 3.39. The Labute approximate surface area is 115 Å². The largest absolute Gasteiger partial charge is 0.300 e. The van der Waals surface area contributed by atoms with Crippen LogP contribution in [0, 0.1) is 5.92 Å². The van der Waals surface area contributed by atoms with Gasteiger partial charge in [0.1, 0.15) is 0 Å². The van der Waals surface area contributed by atoms with Gasteiger partial charge < -0.3 is 4.90 Å². The number of carbonyl (C=O) groups is 1. The summed E-state index contributed by atoms with van der Waals surface area (Å²) in [6, 6.07) is 9.09. The summed E-state index contributed by atoms with van der Waals surface area (Å²) in [5, 5.41) is 0. The summed E-state index contributed by atoms with van der Waals surface area (Å²) in [7, 11) is 2.21. The number of carbonyl (C=O) groups excluding carboxylic acids is 1. The van der Waals surface area contributed by atoms with Gasteiger partial charge in [-0.1, -0.05) is 36.9 Å². The number of ketones is 1. The number of fused-ring (bicyclic) bond motifs is 2. The number of Topliss-reactive ketones (excluding diaryl/α,β-unsaturated/α-hetero) is 1. The van der Waals surface area contributed by atoms with Crippen LogP contribution in [-0.2, 0) is 0 Å². The maximum atomic E-state index is 12.6. The van der Waals surface area contributed by atoms with E-state index in [1.54, 1.807) is 0 Å². The monoisotopic (exact) mass is 255 g/mol. The molecule has 2 fully saturated rings. The molecule has 2 atom stereocenters. The van der Waals surface area contributed by atoms with Crippen molar-refractivity contribution in [3.63, 3.8) is 0 Å². The van der Waals surface area contributed by atoms with E-state index in [1.807, 2.05) is 30.3 Å². The van der Waals surface area contributed by atoms with Crippen molar-refractivity contribution in [2.24, 2.45) is 5.92 Å². The van der Waals surface area contributed by atoms with Gasteiger partial charge in [-0.15, -0.1) is 0 Å². The number of hydrogen-bond acceptors (Lipinski definition) is 2. The third-order valence-corrected chi connectivity index (χ3v) is 4.90. The Balaban J connectivity index is 1.75. The van der Waals surface area contributed by atoms with E-state index in [-0.39, 0.29) is 5.92 Å².